The summed E-state index contributed by atoms with van der Waals surface area (Å²) in [7, 11) is -4.10. The van der Waals surface area contributed by atoms with Gasteiger partial charge in [-0.3, -0.25) is 9.71 Å². The third-order valence-electron chi connectivity index (χ3n) is 5.06. The third-order valence-corrected chi connectivity index (χ3v) is 6.32. The van der Waals surface area contributed by atoms with Crippen LogP contribution >= 0.6 is 0 Å². The van der Waals surface area contributed by atoms with Gasteiger partial charge in [-0.05, 0) is 48.4 Å². The second-order valence-electron chi connectivity index (χ2n) is 7.64. The molecule has 5 aromatic rings. The predicted octanol–water partition coefficient (Wildman–Crippen LogP) is 3.62. The van der Waals surface area contributed by atoms with Gasteiger partial charge in [0.25, 0.3) is 15.9 Å². The number of aryl methyl sites for hydroxylation is 1. The van der Waals surface area contributed by atoms with Gasteiger partial charge < -0.3 is 9.52 Å². The standard InChI is InChI=1S/C23H17FN6O4S/c1-13-4-9-18(26-12-13)35(32,33)30-22-16-3-2-10-25-19(16)21(31)20(27-22)23-29-28-17(34-23)11-14-5-7-15(24)8-6-14/h2-10,12,31H,11H2,1H3,(H,27,30). The number of pyridine rings is 3. The average Bonchev–Trinajstić information content (AvgIpc) is 3.31. The lowest BCUT2D eigenvalue weighted by atomic mass is 10.1. The Morgan fingerprint density at radius 3 is 2.60 bits per heavy atom. The van der Waals surface area contributed by atoms with Crippen LogP contribution in [0.25, 0.3) is 22.5 Å². The highest BCUT2D eigenvalue weighted by atomic mass is 32.2. The molecule has 0 aliphatic heterocycles. The molecule has 0 spiro atoms. The highest BCUT2D eigenvalue weighted by Crippen LogP contribution is 2.36. The minimum atomic E-state index is -4.10. The largest absolute Gasteiger partial charge is 0.504 e. The summed E-state index contributed by atoms with van der Waals surface area (Å²) in [5.74, 6) is -0.759. The molecule has 2 N–H and O–H groups in total. The topological polar surface area (TPSA) is 144 Å². The van der Waals surface area contributed by atoms with Crippen LogP contribution in [0.2, 0.25) is 0 Å². The number of sulfonamides is 1. The molecule has 0 unspecified atom stereocenters. The molecule has 4 aromatic heterocycles. The van der Waals surface area contributed by atoms with Crippen LogP contribution in [0.4, 0.5) is 10.2 Å². The number of nitrogens with one attached hydrogen (secondary N) is 1. The average molecular weight is 492 g/mol. The van der Waals surface area contributed by atoms with Crippen LogP contribution in [0.1, 0.15) is 17.0 Å². The first-order chi connectivity index (χ1) is 16.8. The number of benzene rings is 1. The summed E-state index contributed by atoms with van der Waals surface area (Å²) >= 11 is 0. The summed E-state index contributed by atoms with van der Waals surface area (Å²) in [4.78, 5) is 12.4. The van der Waals surface area contributed by atoms with Crippen molar-refractivity contribution < 1.29 is 22.3 Å². The quantitative estimate of drug-likeness (QED) is 0.363. The maximum atomic E-state index is 13.2. The van der Waals surface area contributed by atoms with Gasteiger partial charge >= 0.3 is 0 Å². The fraction of sp³-hybridized carbons (Fsp3) is 0.0870. The summed E-state index contributed by atoms with van der Waals surface area (Å²) in [5, 5.41) is 18.8. The lowest BCUT2D eigenvalue weighted by Crippen LogP contribution is -2.16. The second-order valence-corrected chi connectivity index (χ2v) is 9.27. The molecule has 0 amide bonds. The van der Waals surface area contributed by atoms with Crippen molar-refractivity contribution in [1.82, 2.24) is 25.1 Å². The van der Waals surface area contributed by atoms with Crippen LogP contribution in [-0.4, -0.2) is 38.7 Å². The van der Waals surface area contributed by atoms with Crippen LogP contribution in [0.3, 0.4) is 0 Å². The van der Waals surface area contributed by atoms with E-state index in [-0.39, 0.29) is 57.2 Å². The van der Waals surface area contributed by atoms with E-state index in [2.05, 4.69) is 29.9 Å². The second kappa shape index (κ2) is 8.72. The van der Waals surface area contributed by atoms with Crippen molar-refractivity contribution in [2.45, 2.75) is 18.4 Å². The molecule has 0 aliphatic carbocycles. The Balaban J connectivity index is 1.55. The summed E-state index contributed by atoms with van der Waals surface area (Å²) in [6.45, 7) is 1.79. The van der Waals surface area contributed by atoms with Crippen molar-refractivity contribution in [1.29, 1.82) is 0 Å². The molecular formula is C23H17FN6O4S. The normalized spacial score (nSPS) is 11.6. The number of aromatic nitrogens is 5. The molecule has 0 atom stereocenters. The molecule has 12 heteroatoms. The first kappa shape index (κ1) is 22.3. The zero-order valence-corrected chi connectivity index (χ0v) is 19.0. The van der Waals surface area contributed by atoms with Gasteiger partial charge in [0.05, 0.1) is 6.42 Å². The summed E-state index contributed by atoms with van der Waals surface area (Å²) in [5.41, 5.74) is 1.48. The Hall–Kier alpha value is -4.45. The summed E-state index contributed by atoms with van der Waals surface area (Å²) in [6.07, 6.45) is 3.10. The number of hydrogen-bond acceptors (Lipinski definition) is 9. The number of aromatic hydroxyl groups is 1. The van der Waals surface area contributed by atoms with Gasteiger partial charge in [0, 0.05) is 17.8 Å². The van der Waals surface area contributed by atoms with E-state index in [1.165, 1.54) is 30.6 Å². The molecule has 0 saturated carbocycles. The van der Waals surface area contributed by atoms with Crippen molar-refractivity contribution >= 4 is 26.7 Å². The SMILES string of the molecule is Cc1ccc(S(=O)(=O)Nc2nc(-c3nnc(Cc4ccc(F)cc4)o3)c(O)c3ncccc23)nc1. The monoisotopic (exact) mass is 492 g/mol. The summed E-state index contributed by atoms with van der Waals surface area (Å²) in [6, 6.07) is 11.9. The molecule has 0 saturated heterocycles. The number of nitrogens with zero attached hydrogens (tertiary/aromatic N) is 5. The molecule has 0 bridgehead atoms. The van der Waals surface area contributed by atoms with Crippen molar-refractivity contribution in [3.8, 4) is 17.3 Å². The van der Waals surface area contributed by atoms with Crippen molar-refractivity contribution in [2.75, 3.05) is 4.72 Å². The van der Waals surface area contributed by atoms with Crippen LogP contribution in [-0.2, 0) is 16.4 Å². The lowest BCUT2D eigenvalue weighted by molar-refractivity contribution is 0.471. The molecule has 1 aromatic carbocycles. The van der Waals surface area contributed by atoms with Gasteiger partial charge in [0.2, 0.25) is 5.89 Å². The minimum Gasteiger partial charge on any atom is -0.504 e. The van der Waals surface area contributed by atoms with Gasteiger partial charge in [0.15, 0.2) is 22.3 Å². The number of anilines is 1. The van der Waals surface area contributed by atoms with Crippen molar-refractivity contribution in [2.24, 2.45) is 0 Å². The van der Waals surface area contributed by atoms with Gasteiger partial charge in [0.1, 0.15) is 11.3 Å². The number of halogens is 1. The van der Waals surface area contributed by atoms with Gasteiger partial charge in [-0.25, -0.2) is 14.4 Å². The summed E-state index contributed by atoms with van der Waals surface area (Å²) < 4.78 is 47.1. The molecule has 4 heterocycles. The lowest BCUT2D eigenvalue weighted by Gasteiger charge is -2.12. The highest BCUT2D eigenvalue weighted by molar-refractivity contribution is 7.92. The molecule has 10 nitrogen and oxygen atoms in total. The molecule has 176 valence electrons. The van der Waals surface area contributed by atoms with Crippen LogP contribution in [0.15, 0.2) is 70.4 Å². The zero-order chi connectivity index (χ0) is 24.6. The van der Waals surface area contributed by atoms with Crippen LogP contribution in [0.5, 0.6) is 5.75 Å². The molecule has 5 rings (SSSR count). The Morgan fingerprint density at radius 1 is 1.06 bits per heavy atom. The van der Waals surface area contributed by atoms with E-state index >= 15 is 0 Å². The molecular weight excluding hydrogens is 475 g/mol. The van der Waals surface area contributed by atoms with E-state index in [1.54, 1.807) is 37.3 Å². The Kier molecular flexibility index (Phi) is 5.57. The van der Waals surface area contributed by atoms with Gasteiger partial charge in [-0.15, -0.1) is 10.2 Å². The number of fused-ring (bicyclic) bond motifs is 1. The minimum absolute atomic E-state index is 0.0883. The van der Waals surface area contributed by atoms with Gasteiger partial charge in [-0.2, -0.15) is 8.42 Å². The maximum absolute atomic E-state index is 13.2. The first-order valence-corrected chi connectivity index (χ1v) is 11.8. The molecule has 35 heavy (non-hydrogen) atoms. The number of rotatable bonds is 6. The Labute approximate surface area is 198 Å². The smallest absolute Gasteiger partial charge is 0.280 e. The van der Waals surface area contributed by atoms with E-state index in [9.17, 15) is 17.9 Å². The fourth-order valence-corrected chi connectivity index (χ4v) is 4.29. The van der Waals surface area contributed by atoms with Gasteiger partial charge in [-0.1, -0.05) is 18.2 Å². The van der Waals surface area contributed by atoms with Crippen molar-refractivity contribution in [3.63, 3.8) is 0 Å². The Bertz CT molecular complexity index is 1640. The first-order valence-electron chi connectivity index (χ1n) is 10.3. The Morgan fingerprint density at radius 2 is 1.86 bits per heavy atom. The van der Waals surface area contributed by atoms with E-state index in [4.69, 9.17) is 4.42 Å². The van der Waals surface area contributed by atoms with E-state index in [1.807, 2.05) is 0 Å². The molecule has 0 fully saturated rings. The van der Waals surface area contributed by atoms with Crippen molar-refractivity contribution in [3.05, 3.63) is 83.8 Å². The third kappa shape index (κ3) is 4.51. The highest BCUT2D eigenvalue weighted by Gasteiger charge is 2.24. The predicted molar refractivity (Wildman–Crippen MR) is 123 cm³/mol. The number of hydrogen-bond donors (Lipinski definition) is 2. The van der Waals surface area contributed by atoms with E-state index in [0.717, 1.165) is 11.1 Å². The van der Waals surface area contributed by atoms with Crippen LogP contribution < -0.4 is 4.72 Å². The van der Waals surface area contributed by atoms with E-state index < -0.39 is 10.0 Å². The molecule has 0 radical (unpaired) electrons. The fourth-order valence-electron chi connectivity index (χ4n) is 3.34. The molecule has 0 aliphatic rings. The van der Waals surface area contributed by atoms with Crippen LogP contribution in [0, 0.1) is 12.7 Å². The maximum Gasteiger partial charge on any atom is 0.280 e. The van der Waals surface area contributed by atoms with E-state index in [0.29, 0.717) is 0 Å². The zero-order valence-electron chi connectivity index (χ0n) is 18.2.